The average molecular weight is 640 g/mol. The minimum absolute atomic E-state index is 0.182. The van der Waals surface area contributed by atoms with Crippen LogP contribution in [0.5, 0.6) is 17.2 Å². The molecule has 0 saturated heterocycles. The molecule has 8 nitrogen and oxygen atoms in total. The summed E-state index contributed by atoms with van der Waals surface area (Å²) in [5, 5.41) is 1.07. The van der Waals surface area contributed by atoms with Gasteiger partial charge >= 0.3 is 5.97 Å². The summed E-state index contributed by atoms with van der Waals surface area (Å²) in [5.41, 5.74) is 2.67. The first-order chi connectivity index (χ1) is 20.7. The molecule has 5 rings (SSSR count). The number of aromatic nitrogens is 1. The van der Waals surface area contributed by atoms with E-state index in [-0.39, 0.29) is 24.3 Å². The zero-order chi connectivity index (χ0) is 30.7. The van der Waals surface area contributed by atoms with E-state index in [2.05, 4.69) is 4.99 Å². The minimum Gasteiger partial charge on any atom is -0.493 e. The van der Waals surface area contributed by atoms with E-state index in [9.17, 15) is 9.59 Å². The maximum absolute atomic E-state index is 14.0. The van der Waals surface area contributed by atoms with Gasteiger partial charge in [0.2, 0.25) is 0 Å². The molecule has 0 fully saturated rings. The Morgan fingerprint density at radius 3 is 2.56 bits per heavy atom. The number of hydrogen-bond donors (Lipinski definition) is 0. The van der Waals surface area contributed by atoms with Crippen LogP contribution in [0.3, 0.4) is 0 Å². The summed E-state index contributed by atoms with van der Waals surface area (Å²) < 4.78 is 24.2. The van der Waals surface area contributed by atoms with Gasteiger partial charge in [-0.2, -0.15) is 0 Å². The average Bonchev–Trinajstić information content (AvgIpc) is 3.29. The van der Waals surface area contributed by atoms with Crippen molar-refractivity contribution in [2.45, 2.75) is 26.5 Å². The number of hydrogen-bond acceptors (Lipinski definition) is 8. The number of esters is 1. The van der Waals surface area contributed by atoms with Gasteiger partial charge in [0.25, 0.3) is 5.56 Å². The van der Waals surface area contributed by atoms with E-state index >= 15 is 0 Å². The topological polar surface area (TPSA) is 88.4 Å². The lowest BCUT2D eigenvalue weighted by molar-refractivity contribution is -0.139. The monoisotopic (exact) mass is 638 g/mol. The molecule has 0 N–H and O–H groups in total. The molecule has 11 heteroatoms. The second kappa shape index (κ2) is 13.1. The van der Waals surface area contributed by atoms with Gasteiger partial charge in [-0.15, -0.1) is 0 Å². The zero-order valence-corrected chi connectivity index (χ0v) is 26.2. The number of allylic oxidation sites excluding steroid dienone is 1. The fraction of sp³-hybridized carbons (Fsp3) is 0.219. The molecule has 222 valence electrons. The van der Waals surface area contributed by atoms with Gasteiger partial charge in [0.15, 0.2) is 16.3 Å². The van der Waals surface area contributed by atoms with Crippen molar-refractivity contribution in [1.82, 2.24) is 4.57 Å². The largest absolute Gasteiger partial charge is 0.493 e. The third-order valence-electron chi connectivity index (χ3n) is 6.81. The second-order valence-electron chi connectivity index (χ2n) is 9.51. The molecule has 1 unspecified atom stereocenters. The van der Waals surface area contributed by atoms with E-state index in [1.54, 1.807) is 57.4 Å². The molecule has 4 aromatic rings. The molecule has 0 aliphatic carbocycles. The van der Waals surface area contributed by atoms with Gasteiger partial charge in [-0.3, -0.25) is 9.36 Å². The van der Waals surface area contributed by atoms with Gasteiger partial charge in [0, 0.05) is 15.6 Å². The summed E-state index contributed by atoms with van der Waals surface area (Å²) in [4.78, 5) is 32.3. The van der Waals surface area contributed by atoms with Crippen molar-refractivity contribution in [2.24, 2.45) is 4.99 Å². The lowest BCUT2D eigenvalue weighted by Gasteiger charge is -2.25. The maximum Gasteiger partial charge on any atom is 0.338 e. The lowest BCUT2D eigenvalue weighted by Crippen LogP contribution is -2.39. The fourth-order valence-electron chi connectivity index (χ4n) is 4.78. The zero-order valence-electron chi connectivity index (χ0n) is 23.9. The molecule has 3 aromatic carbocycles. The number of thiazole rings is 1. The van der Waals surface area contributed by atoms with Crippen LogP contribution in [0.15, 0.2) is 81.7 Å². The number of fused-ring (bicyclic) bond motifs is 1. The predicted molar refractivity (Wildman–Crippen MR) is 167 cm³/mol. The van der Waals surface area contributed by atoms with Crippen LogP contribution >= 0.6 is 34.5 Å². The first kappa shape index (κ1) is 30.4. The van der Waals surface area contributed by atoms with Crippen LogP contribution in [-0.2, 0) is 16.1 Å². The van der Waals surface area contributed by atoms with E-state index in [0.717, 1.165) is 11.1 Å². The second-order valence-corrected chi connectivity index (χ2v) is 11.4. The SMILES string of the molecule is CCOC(=O)C1=C(C)N=c2sc(=Cc3cccc(OCc4ccc(Cl)cc4Cl)c3)c(=O)n2C1c1ccc(OC)c(OC)c1. The first-order valence-electron chi connectivity index (χ1n) is 13.3. The third-order valence-corrected chi connectivity index (χ3v) is 8.38. The van der Waals surface area contributed by atoms with Crippen molar-refractivity contribution in [1.29, 1.82) is 0 Å². The van der Waals surface area contributed by atoms with Gasteiger partial charge in [-0.1, -0.05) is 58.8 Å². The van der Waals surface area contributed by atoms with Crippen molar-refractivity contribution in [3.05, 3.63) is 118 Å². The van der Waals surface area contributed by atoms with Gasteiger partial charge in [0.05, 0.1) is 42.7 Å². The van der Waals surface area contributed by atoms with Crippen LogP contribution in [0, 0.1) is 0 Å². The third kappa shape index (κ3) is 6.34. The van der Waals surface area contributed by atoms with Crippen molar-refractivity contribution in [3.8, 4) is 17.2 Å². The van der Waals surface area contributed by atoms with Crippen molar-refractivity contribution in [3.63, 3.8) is 0 Å². The van der Waals surface area contributed by atoms with Crippen LogP contribution < -0.4 is 29.1 Å². The molecule has 2 heterocycles. The Kier molecular flexibility index (Phi) is 9.25. The molecule has 1 aliphatic rings. The summed E-state index contributed by atoms with van der Waals surface area (Å²) in [6.07, 6.45) is 1.78. The molecule has 1 aromatic heterocycles. The van der Waals surface area contributed by atoms with Crippen molar-refractivity contribution < 1.29 is 23.7 Å². The van der Waals surface area contributed by atoms with Crippen LogP contribution in [0.2, 0.25) is 10.0 Å². The first-order valence-corrected chi connectivity index (χ1v) is 14.9. The van der Waals surface area contributed by atoms with Gasteiger partial charge in [-0.05, 0) is 67.4 Å². The van der Waals surface area contributed by atoms with E-state index < -0.39 is 12.0 Å². The highest BCUT2D eigenvalue weighted by molar-refractivity contribution is 7.07. The number of carbonyl (C=O) groups excluding carboxylic acids is 1. The summed E-state index contributed by atoms with van der Waals surface area (Å²) in [7, 11) is 3.07. The minimum atomic E-state index is -0.781. The molecule has 0 spiro atoms. The van der Waals surface area contributed by atoms with Gasteiger partial charge < -0.3 is 18.9 Å². The Labute approximate surface area is 262 Å². The fourth-order valence-corrected chi connectivity index (χ4v) is 6.28. The number of nitrogens with zero attached hydrogens (tertiary/aromatic N) is 2. The van der Waals surface area contributed by atoms with E-state index in [1.165, 1.54) is 23.0 Å². The van der Waals surface area contributed by atoms with E-state index in [1.807, 2.05) is 30.3 Å². The lowest BCUT2D eigenvalue weighted by atomic mass is 9.95. The summed E-state index contributed by atoms with van der Waals surface area (Å²) >= 11 is 13.5. The highest BCUT2D eigenvalue weighted by Gasteiger charge is 2.34. The maximum atomic E-state index is 14.0. The molecule has 1 aliphatic heterocycles. The summed E-state index contributed by atoms with van der Waals surface area (Å²) in [6.45, 7) is 3.91. The van der Waals surface area contributed by atoms with Crippen LogP contribution in [0.25, 0.3) is 6.08 Å². The number of benzene rings is 3. The highest BCUT2D eigenvalue weighted by atomic mass is 35.5. The molecule has 43 heavy (non-hydrogen) atoms. The summed E-state index contributed by atoms with van der Waals surface area (Å²) in [6, 6.07) is 17.1. The molecule has 0 amide bonds. The Balaban J connectivity index is 1.56. The Morgan fingerprint density at radius 1 is 1.05 bits per heavy atom. The Hall–Kier alpha value is -4.05. The Bertz CT molecular complexity index is 1910. The molecule has 0 saturated carbocycles. The summed E-state index contributed by atoms with van der Waals surface area (Å²) in [5.74, 6) is 1.06. The molecule has 0 radical (unpaired) electrons. The molecular formula is C32H28Cl2N2O6S. The normalized spacial score (nSPS) is 14.7. The number of carbonyl (C=O) groups is 1. The Morgan fingerprint density at radius 2 is 1.84 bits per heavy atom. The van der Waals surface area contributed by atoms with Crippen LogP contribution in [0.4, 0.5) is 0 Å². The quantitative estimate of drug-likeness (QED) is 0.219. The molecular weight excluding hydrogens is 611 g/mol. The number of ether oxygens (including phenoxy) is 4. The number of rotatable bonds is 9. The number of methoxy groups -OCH3 is 2. The highest BCUT2D eigenvalue weighted by Crippen LogP contribution is 2.36. The van der Waals surface area contributed by atoms with Crippen molar-refractivity contribution in [2.75, 3.05) is 20.8 Å². The van der Waals surface area contributed by atoms with E-state index in [4.69, 9.17) is 42.1 Å². The van der Waals surface area contributed by atoms with E-state index in [0.29, 0.717) is 47.9 Å². The number of halogens is 2. The smallest absolute Gasteiger partial charge is 0.338 e. The van der Waals surface area contributed by atoms with Gasteiger partial charge in [0.1, 0.15) is 12.4 Å². The molecule has 1 atom stereocenters. The molecule has 0 bridgehead atoms. The predicted octanol–water partition coefficient (Wildman–Crippen LogP) is 5.70. The van der Waals surface area contributed by atoms with Crippen LogP contribution in [0.1, 0.15) is 36.6 Å². The standard InChI is InChI=1S/C32H28Cl2N2O6S/c1-5-41-31(38)28-18(2)35-32-36(29(28)20-10-12-25(39-3)26(15-20)40-4)30(37)27(43-32)14-19-7-6-8-23(13-19)42-17-21-9-11-22(33)16-24(21)34/h6-16,29H,5,17H2,1-4H3. The van der Waals surface area contributed by atoms with Crippen LogP contribution in [-0.4, -0.2) is 31.4 Å². The van der Waals surface area contributed by atoms with Gasteiger partial charge in [-0.25, -0.2) is 9.79 Å². The van der Waals surface area contributed by atoms with Crippen molar-refractivity contribution >= 4 is 46.6 Å².